The molecule has 1 aliphatic rings. The minimum Gasteiger partial charge on any atom is -0.328 e. The maximum absolute atomic E-state index is 6.04. The second-order valence-electron chi connectivity index (χ2n) is 4.72. The Hall–Kier alpha value is -1.35. The van der Waals surface area contributed by atoms with E-state index >= 15 is 0 Å². The first-order chi connectivity index (χ1) is 7.84. The van der Waals surface area contributed by atoms with Crippen LogP contribution in [0.2, 0.25) is 0 Å². The minimum atomic E-state index is 0.361. The topological polar surface area (TPSA) is 43.8 Å². The molecule has 3 nitrogen and oxygen atoms in total. The molecule has 2 atom stereocenters. The lowest BCUT2D eigenvalue weighted by atomic mass is 9.91. The van der Waals surface area contributed by atoms with Gasteiger partial charge in [0.2, 0.25) is 0 Å². The van der Waals surface area contributed by atoms with E-state index in [9.17, 15) is 0 Å². The summed E-state index contributed by atoms with van der Waals surface area (Å²) in [6.07, 6.45) is 6.68. The molecule has 1 aromatic heterocycles. The lowest BCUT2D eigenvalue weighted by Crippen LogP contribution is -2.29. The Morgan fingerprint density at radius 2 is 2.12 bits per heavy atom. The monoisotopic (exact) mass is 215 g/mol. The zero-order chi connectivity index (χ0) is 11.0. The first-order valence-corrected chi connectivity index (χ1v) is 6.02. The molecular weight excluding hydrogens is 198 g/mol. The normalized spacial score (nSPS) is 26.1. The molecule has 16 heavy (non-hydrogen) atoms. The van der Waals surface area contributed by atoms with E-state index in [1.807, 2.05) is 12.4 Å². The Morgan fingerprint density at radius 1 is 1.25 bits per heavy atom. The SMILES string of the molecule is N[C@@H]1CCC[C@H](n2cnc3ccccc32)C1. The minimum absolute atomic E-state index is 0.361. The third-order valence-electron chi connectivity index (χ3n) is 3.56. The largest absolute Gasteiger partial charge is 0.328 e. The van der Waals surface area contributed by atoms with Crippen molar-refractivity contribution in [2.24, 2.45) is 5.73 Å². The van der Waals surface area contributed by atoms with Crippen molar-refractivity contribution in [2.75, 3.05) is 0 Å². The number of imidazole rings is 1. The van der Waals surface area contributed by atoms with Crippen LogP contribution in [0.3, 0.4) is 0 Å². The predicted octanol–water partition coefficient (Wildman–Crippen LogP) is 2.48. The highest BCUT2D eigenvalue weighted by Gasteiger charge is 2.21. The van der Waals surface area contributed by atoms with E-state index in [4.69, 9.17) is 5.73 Å². The van der Waals surface area contributed by atoms with E-state index < -0.39 is 0 Å². The second kappa shape index (κ2) is 3.91. The number of nitrogens with zero attached hydrogens (tertiary/aromatic N) is 2. The fraction of sp³-hybridized carbons (Fsp3) is 0.462. The van der Waals surface area contributed by atoms with Gasteiger partial charge in [0.15, 0.2) is 0 Å². The summed E-state index contributed by atoms with van der Waals surface area (Å²) in [7, 11) is 0. The van der Waals surface area contributed by atoms with E-state index in [2.05, 4.69) is 27.8 Å². The van der Waals surface area contributed by atoms with Gasteiger partial charge >= 0.3 is 0 Å². The zero-order valence-electron chi connectivity index (χ0n) is 9.34. The molecule has 0 aliphatic heterocycles. The highest BCUT2D eigenvalue weighted by Crippen LogP contribution is 2.30. The maximum atomic E-state index is 6.04. The van der Waals surface area contributed by atoms with Gasteiger partial charge in [0.05, 0.1) is 17.4 Å². The van der Waals surface area contributed by atoms with Crippen LogP contribution in [-0.4, -0.2) is 15.6 Å². The average molecular weight is 215 g/mol. The van der Waals surface area contributed by atoms with Gasteiger partial charge in [-0.15, -0.1) is 0 Å². The second-order valence-corrected chi connectivity index (χ2v) is 4.72. The van der Waals surface area contributed by atoms with Crippen LogP contribution in [0.5, 0.6) is 0 Å². The van der Waals surface area contributed by atoms with Gasteiger partial charge in [0.1, 0.15) is 0 Å². The number of para-hydroxylation sites is 2. The van der Waals surface area contributed by atoms with Crippen LogP contribution in [0.1, 0.15) is 31.7 Å². The summed E-state index contributed by atoms with van der Waals surface area (Å²) in [6.45, 7) is 0. The molecule has 0 spiro atoms. The third-order valence-corrected chi connectivity index (χ3v) is 3.56. The molecule has 1 aromatic carbocycles. The number of hydrogen-bond donors (Lipinski definition) is 1. The molecule has 2 aromatic rings. The first-order valence-electron chi connectivity index (χ1n) is 6.02. The van der Waals surface area contributed by atoms with Crippen molar-refractivity contribution in [1.82, 2.24) is 9.55 Å². The molecule has 0 unspecified atom stereocenters. The van der Waals surface area contributed by atoms with Crippen LogP contribution in [0.4, 0.5) is 0 Å². The van der Waals surface area contributed by atoms with E-state index in [1.54, 1.807) is 0 Å². The van der Waals surface area contributed by atoms with Crippen molar-refractivity contribution in [2.45, 2.75) is 37.8 Å². The van der Waals surface area contributed by atoms with E-state index in [0.717, 1.165) is 11.9 Å². The summed E-state index contributed by atoms with van der Waals surface area (Å²) in [5, 5.41) is 0. The number of nitrogens with two attached hydrogens (primary N) is 1. The van der Waals surface area contributed by atoms with Gasteiger partial charge in [-0.3, -0.25) is 0 Å². The molecule has 3 heteroatoms. The van der Waals surface area contributed by atoms with Crippen LogP contribution < -0.4 is 5.73 Å². The molecule has 84 valence electrons. The van der Waals surface area contributed by atoms with Gasteiger partial charge in [-0.1, -0.05) is 12.1 Å². The van der Waals surface area contributed by atoms with Crippen molar-refractivity contribution >= 4 is 11.0 Å². The van der Waals surface area contributed by atoms with E-state index in [-0.39, 0.29) is 0 Å². The Balaban J connectivity index is 1.99. The van der Waals surface area contributed by atoms with Crippen LogP contribution in [0, 0.1) is 0 Å². The van der Waals surface area contributed by atoms with Crippen LogP contribution in [-0.2, 0) is 0 Å². The van der Waals surface area contributed by atoms with Crippen molar-refractivity contribution in [3.05, 3.63) is 30.6 Å². The molecule has 0 bridgehead atoms. The van der Waals surface area contributed by atoms with Crippen molar-refractivity contribution in [1.29, 1.82) is 0 Å². The van der Waals surface area contributed by atoms with Gasteiger partial charge in [-0.05, 0) is 37.8 Å². The Labute approximate surface area is 95.3 Å². The summed E-state index contributed by atoms with van der Waals surface area (Å²) < 4.78 is 2.30. The molecule has 0 radical (unpaired) electrons. The van der Waals surface area contributed by atoms with Crippen molar-refractivity contribution in [3.63, 3.8) is 0 Å². The van der Waals surface area contributed by atoms with Crippen molar-refractivity contribution in [3.8, 4) is 0 Å². The quantitative estimate of drug-likeness (QED) is 0.794. The average Bonchev–Trinajstić information content (AvgIpc) is 2.72. The van der Waals surface area contributed by atoms with Crippen molar-refractivity contribution < 1.29 is 0 Å². The van der Waals surface area contributed by atoms with Gasteiger partial charge in [-0.2, -0.15) is 0 Å². The standard InChI is InChI=1S/C13H17N3/c14-10-4-3-5-11(8-10)16-9-15-12-6-1-2-7-13(12)16/h1-2,6-7,9-11H,3-5,8,14H2/t10-,11+/m1/s1. The van der Waals surface area contributed by atoms with Gasteiger partial charge < -0.3 is 10.3 Å². The Morgan fingerprint density at radius 3 is 3.00 bits per heavy atom. The fourth-order valence-electron chi connectivity index (χ4n) is 2.72. The molecule has 2 N–H and O–H groups in total. The zero-order valence-corrected chi connectivity index (χ0v) is 9.34. The molecular formula is C13H17N3. The first kappa shape index (κ1) is 9.85. The van der Waals surface area contributed by atoms with Gasteiger partial charge in [0, 0.05) is 12.1 Å². The lowest BCUT2D eigenvalue weighted by Gasteiger charge is -2.28. The molecule has 1 fully saturated rings. The molecule has 0 saturated heterocycles. The summed E-state index contributed by atoms with van der Waals surface area (Å²) in [4.78, 5) is 4.44. The summed E-state index contributed by atoms with van der Waals surface area (Å²) in [6, 6.07) is 9.21. The molecule has 3 rings (SSSR count). The maximum Gasteiger partial charge on any atom is 0.0960 e. The van der Waals surface area contributed by atoms with Crippen LogP contribution >= 0.6 is 0 Å². The van der Waals surface area contributed by atoms with Gasteiger partial charge in [0.25, 0.3) is 0 Å². The highest BCUT2D eigenvalue weighted by atomic mass is 15.1. The molecule has 0 amide bonds. The lowest BCUT2D eigenvalue weighted by molar-refractivity contribution is 0.325. The molecule has 1 aliphatic carbocycles. The van der Waals surface area contributed by atoms with E-state index in [1.165, 1.54) is 24.8 Å². The summed E-state index contributed by atoms with van der Waals surface area (Å²) in [5.41, 5.74) is 8.36. The number of hydrogen-bond acceptors (Lipinski definition) is 2. The van der Waals surface area contributed by atoms with Gasteiger partial charge in [-0.25, -0.2) is 4.98 Å². The number of benzene rings is 1. The number of rotatable bonds is 1. The molecule has 1 heterocycles. The predicted molar refractivity (Wildman–Crippen MR) is 65.2 cm³/mol. The number of aromatic nitrogens is 2. The molecule has 1 saturated carbocycles. The summed E-state index contributed by atoms with van der Waals surface area (Å²) in [5.74, 6) is 0. The smallest absolute Gasteiger partial charge is 0.0960 e. The third kappa shape index (κ3) is 1.61. The number of fused-ring (bicyclic) bond motifs is 1. The Bertz CT molecular complexity index is 489. The fourth-order valence-corrected chi connectivity index (χ4v) is 2.72. The Kier molecular flexibility index (Phi) is 2.40. The van der Waals surface area contributed by atoms with Crippen LogP contribution in [0.15, 0.2) is 30.6 Å². The van der Waals surface area contributed by atoms with E-state index in [0.29, 0.717) is 12.1 Å². The summed E-state index contributed by atoms with van der Waals surface area (Å²) >= 11 is 0. The van der Waals surface area contributed by atoms with Crippen LogP contribution in [0.25, 0.3) is 11.0 Å². The highest BCUT2D eigenvalue weighted by molar-refractivity contribution is 5.75.